The minimum absolute atomic E-state index is 0.0657. The molecule has 0 saturated heterocycles. The van der Waals surface area contributed by atoms with Crippen molar-refractivity contribution in [2.45, 2.75) is 102 Å². The van der Waals surface area contributed by atoms with E-state index in [1.165, 1.54) is 76.3 Å². The van der Waals surface area contributed by atoms with Crippen LogP contribution in [0.25, 0.3) is 22.2 Å². The summed E-state index contributed by atoms with van der Waals surface area (Å²) in [6.07, 6.45) is 16.5. The molecule has 10 heteroatoms. The lowest BCUT2D eigenvalue weighted by Gasteiger charge is -2.15. The highest BCUT2D eigenvalue weighted by atomic mass is 32.2. The fourth-order valence-corrected chi connectivity index (χ4v) is 6.96. The number of pyridine rings is 1. The summed E-state index contributed by atoms with van der Waals surface area (Å²) < 4.78 is 61.6. The number of aromatic nitrogens is 1. The average molecular weight is 618 g/mol. The lowest BCUT2D eigenvalue weighted by molar-refractivity contribution is 0.484. The van der Waals surface area contributed by atoms with Crippen molar-refractivity contribution in [3.05, 3.63) is 60.0 Å². The standard InChI is InChI=1S/C32H47N3O5S2/c1-3-4-5-6-7-8-9-10-11-12-13-14-15-19-25-41(36,37)34-33-28-26-30(27-21-17-16-18-22-27)35(2)29-23-20-24-31(32(28)29)42(38,39)40/h16-18,20-24,26,34H,3-15,19,25H2,1-2H3,(H,38,39,40)/b33-28-. The van der Waals surface area contributed by atoms with E-state index in [1.54, 1.807) is 23.7 Å². The number of sulfonamides is 1. The number of unbranched alkanes of at least 4 members (excludes halogenated alkanes) is 13. The van der Waals surface area contributed by atoms with Crippen molar-refractivity contribution < 1.29 is 21.4 Å². The number of nitrogens with one attached hydrogen (secondary N) is 1. The van der Waals surface area contributed by atoms with Crippen molar-refractivity contribution in [3.8, 4) is 11.3 Å². The van der Waals surface area contributed by atoms with E-state index in [0.717, 1.165) is 24.8 Å². The summed E-state index contributed by atoms with van der Waals surface area (Å²) in [7, 11) is -6.54. The topological polar surface area (TPSA) is 118 Å². The van der Waals surface area contributed by atoms with Gasteiger partial charge in [-0.15, -0.1) is 0 Å². The summed E-state index contributed by atoms with van der Waals surface area (Å²) in [5.74, 6) is -0.0657. The van der Waals surface area contributed by atoms with Crippen LogP contribution in [0.3, 0.4) is 0 Å². The summed E-state index contributed by atoms with van der Waals surface area (Å²) in [6, 6.07) is 15.6. The lowest BCUT2D eigenvalue weighted by atomic mass is 10.0. The number of benzene rings is 2. The third-order valence-corrected chi connectivity index (χ3v) is 9.77. The SMILES string of the molecule is CCCCCCCCCCCCCCCCS(=O)(=O)N/N=c1/cc(-c2ccccc2)n(C)c2cccc(S(=O)(=O)O)c12. The molecule has 0 atom stereocenters. The van der Waals surface area contributed by atoms with Gasteiger partial charge < -0.3 is 4.57 Å². The Balaban J connectivity index is 1.59. The van der Waals surface area contributed by atoms with Crippen LogP contribution in [0.2, 0.25) is 0 Å². The Morgan fingerprint density at radius 1 is 0.738 bits per heavy atom. The highest BCUT2D eigenvalue weighted by Crippen LogP contribution is 2.25. The van der Waals surface area contributed by atoms with Crippen LogP contribution >= 0.6 is 0 Å². The Morgan fingerprint density at radius 2 is 1.29 bits per heavy atom. The third kappa shape index (κ3) is 10.5. The molecule has 2 N–H and O–H groups in total. The van der Waals surface area contributed by atoms with Crippen LogP contribution in [0.5, 0.6) is 0 Å². The normalized spacial score (nSPS) is 12.7. The molecule has 232 valence electrons. The van der Waals surface area contributed by atoms with Gasteiger partial charge in [0, 0.05) is 12.4 Å². The highest BCUT2D eigenvalue weighted by molar-refractivity contribution is 7.89. The minimum Gasteiger partial charge on any atom is -0.343 e. The van der Waals surface area contributed by atoms with Crippen molar-refractivity contribution in [2.75, 3.05) is 5.75 Å². The first-order valence-corrected chi connectivity index (χ1v) is 18.4. The van der Waals surface area contributed by atoms with Crippen molar-refractivity contribution in [2.24, 2.45) is 12.1 Å². The molecular formula is C32H47N3O5S2. The van der Waals surface area contributed by atoms with Gasteiger partial charge in [0.25, 0.3) is 10.1 Å². The second-order valence-corrected chi connectivity index (χ2v) is 14.3. The second-order valence-electron chi connectivity index (χ2n) is 11.1. The van der Waals surface area contributed by atoms with Crippen LogP contribution in [0.1, 0.15) is 96.8 Å². The molecule has 0 bridgehead atoms. The van der Waals surface area contributed by atoms with E-state index in [4.69, 9.17) is 0 Å². The Hall–Kier alpha value is -2.69. The van der Waals surface area contributed by atoms with Crippen LogP contribution in [0.15, 0.2) is 64.6 Å². The Morgan fingerprint density at radius 3 is 1.83 bits per heavy atom. The first-order valence-electron chi connectivity index (χ1n) is 15.3. The maximum absolute atomic E-state index is 12.8. The van der Waals surface area contributed by atoms with Gasteiger partial charge in [0.05, 0.1) is 22.3 Å². The molecule has 3 rings (SSSR count). The van der Waals surface area contributed by atoms with Crippen LogP contribution < -0.4 is 10.2 Å². The van der Waals surface area contributed by atoms with Gasteiger partial charge in [-0.2, -0.15) is 13.5 Å². The molecule has 0 radical (unpaired) electrons. The zero-order valence-electron chi connectivity index (χ0n) is 25.1. The molecule has 0 saturated carbocycles. The molecule has 2 aromatic carbocycles. The molecule has 0 unspecified atom stereocenters. The Labute approximate surface area is 252 Å². The van der Waals surface area contributed by atoms with Crippen molar-refractivity contribution in [3.63, 3.8) is 0 Å². The van der Waals surface area contributed by atoms with E-state index in [9.17, 15) is 21.4 Å². The summed E-state index contributed by atoms with van der Waals surface area (Å²) in [5, 5.41) is 4.42. The quantitative estimate of drug-likeness (QED) is 0.0831. The fourth-order valence-electron chi connectivity index (χ4n) is 5.32. The molecule has 0 spiro atoms. The molecular weight excluding hydrogens is 571 g/mol. The van der Waals surface area contributed by atoms with Gasteiger partial charge in [-0.25, -0.2) is 13.2 Å². The second kappa shape index (κ2) is 16.8. The predicted octanol–water partition coefficient (Wildman–Crippen LogP) is 7.31. The van der Waals surface area contributed by atoms with E-state index in [0.29, 0.717) is 17.6 Å². The van der Waals surface area contributed by atoms with E-state index in [2.05, 4.69) is 16.9 Å². The van der Waals surface area contributed by atoms with Crippen molar-refractivity contribution in [1.29, 1.82) is 0 Å². The minimum atomic E-state index is -4.59. The number of hydrogen-bond donors (Lipinski definition) is 2. The maximum Gasteiger partial charge on any atom is 0.295 e. The number of aryl methyl sites for hydroxylation is 1. The van der Waals surface area contributed by atoms with Crippen LogP contribution in [-0.2, 0) is 27.2 Å². The molecule has 0 aliphatic rings. The molecule has 0 fully saturated rings. The van der Waals surface area contributed by atoms with Gasteiger partial charge in [0.2, 0.25) is 10.0 Å². The Kier molecular flexibility index (Phi) is 13.5. The molecule has 1 heterocycles. The smallest absolute Gasteiger partial charge is 0.295 e. The van der Waals surface area contributed by atoms with Crippen LogP contribution in [0.4, 0.5) is 0 Å². The first kappa shape index (κ1) is 33.8. The first-order chi connectivity index (χ1) is 20.1. The van der Waals surface area contributed by atoms with Gasteiger partial charge in [-0.1, -0.05) is 127 Å². The Bertz CT molecular complexity index is 1550. The van der Waals surface area contributed by atoms with Gasteiger partial charge in [-0.3, -0.25) is 4.55 Å². The molecule has 3 aromatic rings. The van der Waals surface area contributed by atoms with Gasteiger partial charge in [0.1, 0.15) is 4.90 Å². The van der Waals surface area contributed by atoms with Gasteiger partial charge >= 0.3 is 0 Å². The van der Waals surface area contributed by atoms with Crippen LogP contribution in [0, 0.1) is 0 Å². The van der Waals surface area contributed by atoms with E-state index >= 15 is 0 Å². The number of hydrogen-bond acceptors (Lipinski definition) is 5. The third-order valence-electron chi connectivity index (χ3n) is 7.68. The highest BCUT2D eigenvalue weighted by Gasteiger charge is 2.19. The summed E-state index contributed by atoms with van der Waals surface area (Å²) in [6.45, 7) is 2.24. The molecule has 0 aliphatic heterocycles. The monoisotopic (exact) mass is 617 g/mol. The number of nitrogens with zero attached hydrogens (tertiary/aromatic N) is 2. The average Bonchev–Trinajstić information content (AvgIpc) is 2.96. The van der Waals surface area contributed by atoms with Crippen molar-refractivity contribution >= 4 is 31.0 Å². The molecule has 8 nitrogen and oxygen atoms in total. The maximum atomic E-state index is 12.8. The largest absolute Gasteiger partial charge is 0.343 e. The zero-order chi connectivity index (χ0) is 30.4. The molecule has 42 heavy (non-hydrogen) atoms. The van der Waals surface area contributed by atoms with Crippen LogP contribution in [-0.4, -0.2) is 31.7 Å². The number of fused-ring (bicyclic) bond motifs is 1. The van der Waals surface area contributed by atoms with Gasteiger partial charge in [0.15, 0.2) is 0 Å². The van der Waals surface area contributed by atoms with E-state index < -0.39 is 20.1 Å². The zero-order valence-corrected chi connectivity index (χ0v) is 26.7. The molecule has 1 aromatic heterocycles. The van der Waals surface area contributed by atoms with E-state index in [1.807, 2.05) is 30.3 Å². The fraction of sp³-hybridized carbons (Fsp3) is 0.531. The lowest BCUT2D eigenvalue weighted by Crippen LogP contribution is -2.25. The number of rotatable bonds is 19. The van der Waals surface area contributed by atoms with Gasteiger partial charge in [-0.05, 0) is 30.2 Å². The molecule has 0 amide bonds. The van der Waals surface area contributed by atoms with Crippen molar-refractivity contribution in [1.82, 2.24) is 9.40 Å². The summed E-state index contributed by atoms with van der Waals surface area (Å²) in [5.41, 5.74) is 2.04. The summed E-state index contributed by atoms with van der Waals surface area (Å²) >= 11 is 0. The molecule has 0 aliphatic carbocycles. The summed E-state index contributed by atoms with van der Waals surface area (Å²) in [4.78, 5) is 1.97. The van der Waals surface area contributed by atoms with E-state index in [-0.39, 0.29) is 21.4 Å². The predicted molar refractivity (Wildman–Crippen MR) is 171 cm³/mol.